The second-order valence-electron chi connectivity index (χ2n) is 16.0. The van der Waals surface area contributed by atoms with Gasteiger partial charge in [0.05, 0.1) is 41.9 Å². The van der Waals surface area contributed by atoms with E-state index in [9.17, 15) is 39.3 Å². The predicted molar refractivity (Wildman–Crippen MR) is 191 cm³/mol. The largest absolute Gasteiger partial charge is 0.459 e. The number of aliphatic hydroxyl groups excluding tert-OH is 2. The molecule has 6 rings (SSSR count). The number of alkyl carbamates (subject to hydrolysis) is 1. The van der Waals surface area contributed by atoms with E-state index in [-0.39, 0.29) is 36.5 Å². The average Bonchev–Trinajstić information content (AvgIpc) is 3.97. The molecule has 10 atom stereocenters. The molecule has 1 aromatic carbocycles. The van der Waals surface area contributed by atoms with Crippen molar-refractivity contribution in [3.63, 3.8) is 0 Å². The number of benzene rings is 1. The Balaban J connectivity index is 1.56. The van der Waals surface area contributed by atoms with Crippen LogP contribution in [0.4, 0.5) is 4.79 Å². The molecule has 4 N–H and O–H groups in total. The number of Topliss-reactive ketones (excluding diaryl/α,β-unsaturated/α-hetero) is 1. The fraction of sp³-hybridized carbons (Fsp3) is 0.600. The highest BCUT2D eigenvalue weighted by Gasteiger charge is 2.78. The van der Waals surface area contributed by atoms with Gasteiger partial charge >= 0.3 is 30.0 Å². The number of carbonyl (C=O) groups is 6. The maximum Gasteiger partial charge on any atom is 0.411 e. The van der Waals surface area contributed by atoms with Crippen LogP contribution in [-0.2, 0) is 47.6 Å². The van der Waals surface area contributed by atoms with Crippen molar-refractivity contribution in [3.05, 3.63) is 58.5 Å². The molecule has 1 heterocycles. The number of carbonyl (C=O) groups excluding carboxylic acids is 6. The third kappa shape index (κ3) is 6.59. The number of amides is 1. The van der Waals surface area contributed by atoms with Crippen LogP contribution in [0.15, 0.2) is 52.9 Å². The number of ether oxygens (including phenoxy) is 6. The van der Waals surface area contributed by atoms with Crippen LogP contribution < -0.4 is 5.32 Å². The number of esters is 4. The molecular weight excluding hydrogens is 734 g/mol. The van der Waals surface area contributed by atoms with Gasteiger partial charge in [0.15, 0.2) is 17.5 Å². The molecule has 1 saturated heterocycles. The van der Waals surface area contributed by atoms with Gasteiger partial charge in [-0.25, -0.2) is 14.4 Å². The Morgan fingerprint density at radius 1 is 1.02 bits per heavy atom. The van der Waals surface area contributed by atoms with Gasteiger partial charge in [-0.05, 0) is 50.0 Å². The van der Waals surface area contributed by atoms with Crippen molar-refractivity contribution in [2.45, 2.75) is 116 Å². The van der Waals surface area contributed by atoms with Crippen LogP contribution in [0.3, 0.4) is 0 Å². The first kappa shape index (κ1) is 41.0. The Labute approximate surface area is 323 Å². The molecule has 56 heavy (non-hydrogen) atoms. The first-order chi connectivity index (χ1) is 26.2. The maximum atomic E-state index is 15.3. The fourth-order valence-electron chi connectivity index (χ4n) is 9.31. The van der Waals surface area contributed by atoms with Gasteiger partial charge in [0.1, 0.15) is 23.9 Å². The van der Waals surface area contributed by atoms with Crippen LogP contribution in [0.2, 0.25) is 0 Å². The number of hydrogen-bond acceptors (Lipinski definition) is 15. The highest BCUT2D eigenvalue weighted by atomic mass is 16.6. The zero-order valence-electron chi connectivity index (χ0n) is 32.4. The SMILES string of the molecule is CCOC(=O)NC(=C1CC1)[C@@H](O)C(=O)OC1C[C@@]2(O)[C@@H](OC(=O)c3ccccc3)[C@@H]3[C@]4(OC(C)=O)CO[C@@H]4C[C@H](O)[C@@]3(C)C(=O)C(OC(C)=O)=C(C1C)C2(C)C. The van der Waals surface area contributed by atoms with Crippen LogP contribution >= 0.6 is 0 Å². The molecule has 4 fully saturated rings. The second kappa shape index (κ2) is 14.7. The second-order valence-corrected chi connectivity index (χ2v) is 16.0. The normalized spacial score (nSPS) is 34.5. The Kier molecular flexibility index (Phi) is 10.8. The zero-order chi connectivity index (χ0) is 41.1. The average molecular weight is 784 g/mol. The summed E-state index contributed by atoms with van der Waals surface area (Å²) in [5, 5.41) is 39.1. The van der Waals surface area contributed by atoms with Gasteiger partial charge < -0.3 is 43.7 Å². The molecule has 304 valence electrons. The smallest absolute Gasteiger partial charge is 0.411 e. The van der Waals surface area contributed by atoms with E-state index in [0.717, 1.165) is 13.8 Å². The standard InChI is InChI=1S/C40H49NO15/c1-8-51-36(49)41-28(22-14-15-22)29(45)35(48)54-24-17-40(50)33(55-34(47)23-12-10-9-11-13-23)31-38(7,25(44)16-26-39(31,18-52-26)56-21(4)43)32(46)30(53-20(3)42)27(19(24)2)37(40,5)6/h9-13,19,24-26,29,31,33,44-45,50H,8,14-18H2,1-7H3,(H,41,49)/t19?,24?,25-,26+,29+,31-,33-,38+,39-,40+/m0/s1. The van der Waals surface area contributed by atoms with E-state index in [2.05, 4.69) is 5.32 Å². The molecule has 1 aliphatic heterocycles. The summed E-state index contributed by atoms with van der Waals surface area (Å²) in [5.41, 5.74) is -7.26. The molecule has 2 unspecified atom stereocenters. The minimum atomic E-state index is -2.36. The van der Waals surface area contributed by atoms with Crippen LogP contribution in [0, 0.1) is 22.7 Å². The third-order valence-electron chi connectivity index (χ3n) is 12.3. The van der Waals surface area contributed by atoms with Crippen LogP contribution in [-0.4, -0.2) is 106 Å². The summed E-state index contributed by atoms with van der Waals surface area (Å²) in [5.74, 6) is -7.84. The molecule has 3 saturated carbocycles. The van der Waals surface area contributed by atoms with Crippen LogP contribution in [0.5, 0.6) is 0 Å². The number of fused-ring (bicyclic) bond motifs is 5. The van der Waals surface area contributed by atoms with Gasteiger partial charge in [-0.2, -0.15) is 0 Å². The number of allylic oxidation sites excluding steroid dienone is 2. The van der Waals surface area contributed by atoms with Gasteiger partial charge in [0, 0.05) is 38.0 Å². The van der Waals surface area contributed by atoms with E-state index in [1.807, 2.05) is 0 Å². The summed E-state index contributed by atoms with van der Waals surface area (Å²) in [6.07, 6.45) is -8.38. The summed E-state index contributed by atoms with van der Waals surface area (Å²) in [6.45, 7) is 9.60. The summed E-state index contributed by atoms with van der Waals surface area (Å²) in [6, 6.07) is 7.83. The maximum absolute atomic E-state index is 15.3. The Morgan fingerprint density at radius 3 is 2.23 bits per heavy atom. The van der Waals surface area contributed by atoms with Crippen LogP contribution in [0.25, 0.3) is 0 Å². The van der Waals surface area contributed by atoms with Gasteiger partial charge in [0.2, 0.25) is 5.78 Å². The highest BCUT2D eigenvalue weighted by molar-refractivity contribution is 6.02. The molecule has 4 aliphatic carbocycles. The molecule has 16 heteroatoms. The van der Waals surface area contributed by atoms with Crippen molar-refractivity contribution in [1.82, 2.24) is 5.32 Å². The molecule has 2 bridgehead atoms. The van der Waals surface area contributed by atoms with Crippen molar-refractivity contribution in [2.75, 3.05) is 13.2 Å². The lowest BCUT2D eigenvalue weighted by Crippen LogP contribution is -2.81. The van der Waals surface area contributed by atoms with Crippen molar-refractivity contribution in [1.29, 1.82) is 0 Å². The minimum absolute atomic E-state index is 0.00492. The van der Waals surface area contributed by atoms with E-state index in [1.54, 1.807) is 45.9 Å². The summed E-state index contributed by atoms with van der Waals surface area (Å²) >= 11 is 0. The lowest BCUT2D eigenvalue weighted by molar-refractivity contribution is -0.345. The van der Waals surface area contributed by atoms with Gasteiger partial charge in [-0.1, -0.05) is 39.0 Å². The molecule has 1 amide bonds. The van der Waals surface area contributed by atoms with E-state index in [4.69, 9.17) is 28.4 Å². The molecule has 0 radical (unpaired) electrons. The molecule has 0 spiro atoms. The highest BCUT2D eigenvalue weighted by Crippen LogP contribution is 2.65. The molecule has 0 aromatic heterocycles. The Bertz CT molecular complexity index is 1880. The summed E-state index contributed by atoms with van der Waals surface area (Å²) in [4.78, 5) is 81.3. The van der Waals surface area contributed by atoms with Crippen molar-refractivity contribution in [3.8, 4) is 0 Å². The number of hydrogen-bond donors (Lipinski definition) is 4. The monoisotopic (exact) mass is 783 g/mol. The topological polar surface area (TPSA) is 231 Å². The lowest BCUT2D eigenvalue weighted by atomic mass is 9.45. The van der Waals surface area contributed by atoms with Gasteiger partial charge in [-0.15, -0.1) is 0 Å². The van der Waals surface area contributed by atoms with Gasteiger partial charge in [-0.3, -0.25) is 19.7 Å². The summed E-state index contributed by atoms with van der Waals surface area (Å²) in [7, 11) is 0. The summed E-state index contributed by atoms with van der Waals surface area (Å²) < 4.78 is 34.8. The van der Waals surface area contributed by atoms with E-state index in [0.29, 0.717) is 18.4 Å². The van der Waals surface area contributed by atoms with Crippen molar-refractivity contribution >= 4 is 35.8 Å². The first-order valence-corrected chi connectivity index (χ1v) is 18.7. The number of aliphatic hydroxyl groups is 3. The number of rotatable bonds is 9. The Morgan fingerprint density at radius 2 is 1.68 bits per heavy atom. The fourth-order valence-corrected chi connectivity index (χ4v) is 9.31. The predicted octanol–water partition coefficient (Wildman–Crippen LogP) is 2.56. The quantitative estimate of drug-likeness (QED) is 0.208. The first-order valence-electron chi connectivity index (χ1n) is 18.7. The van der Waals surface area contributed by atoms with Crippen molar-refractivity contribution < 1.29 is 72.5 Å². The van der Waals surface area contributed by atoms with E-state index < -0.39 is 112 Å². The number of ketones is 1. The molecule has 1 aromatic rings. The van der Waals surface area contributed by atoms with E-state index in [1.165, 1.54) is 19.1 Å². The molecule has 16 nitrogen and oxygen atoms in total. The molecular formula is C40H49NO15. The Hall–Kier alpha value is -4.64. The number of nitrogens with one attached hydrogen (secondary N) is 1. The van der Waals surface area contributed by atoms with E-state index >= 15 is 4.79 Å². The minimum Gasteiger partial charge on any atom is -0.459 e. The third-order valence-corrected chi connectivity index (χ3v) is 12.3. The van der Waals surface area contributed by atoms with Gasteiger partial charge in [0.25, 0.3) is 0 Å². The lowest BCUT2D eigenvalue weighted by Gasteiger charge is -2.67. The van der Waals surface area contributed by atoms with Crippen LogP contribution in [0.1, 0.15) is 84.5 Å². The molecule has 5 aliphatic rings. The van der Waals surface area contributed by atoms with Crippen molar-refractivity contribution in [2.24, 2.45) is 22.7 Å². The zero-order valence-corrected chi connectivity index (χ0v) is 32.4.